The van der Waals surface area contributed by atoms with Gasteiger partial charge < -0.3 is 24.0 Å². The molecule has 10 heteroatoms. The van der Waals surface area contributed by atoms with Gasteiger partial charge in [-0.05, 0) is 50.5 Å². The zero-order valence-corrected chi connectivity index (χ0v) is 20.0. The molecule has 2 amide bonds. The number of pyridine rings is 1. The summed E-state index contributed by atoms with van der Waals surface area (Å²) in [7, 11) is 1.40. The highest BCUT2D eigenvalue weighted by Crippen LogP contribution is 2.30. The number of hydrogen-bond acceptors (Lipinski definition) is 7. The van der Waals surface area contributed by atoms with E-state index in [1.807, 2.05) is 29.8 Å². The minimum atomic E-state index is -0.242. The predicted octanol–water partition coefficient (Wildman–Crippen LogP) is 2.76. The number of likely N-dealkylation sites (tertiary alicyclic amines) is 1. The second kappa shape index (κ2) is 11.5. The van der Waals surface area contributed by atoms with Crippen LogP contribution in [0, 0.1) is 6.92 Å². The van der Waals surface area contributed by atoms with Gasteiger partial charge in [0.05, 0.1) is 23.8 Å². The van der Waals surface area contributed by atoms with Gasteiger partial charge in [-0.1, -0.05) is 5.16 Å². The molecule has 4 heterocycles. The fourth-order valence-corrected chi connectivity index (χ4v) is 4.26. The summed E-state index contributed by atoms with van der Waals surface area (Å²) in [6.45, 7) is 4.32. The molecular weight excluding hydrogens is 448 g/mol. The monoisotopic (exact) mass is 478 g/mol. The van der Waals surface area contributed by atoms with Crippen LogP contribution in [0.2, 0.25) is 0 Å². The van der Waals surface area contributed by atoms with Gasteiger partial charge in [-0.25, -0.2) is 4.98 Å². The molecule has 0 aliphatic carbocycles. The molecule has 0 unspecified atom stereocenters. The second-order valence-electron chi connectivity index (χ2n) is 8.46. The summed E-state index contributed by atoms with van der Waals surface area (Å²) >= 11 is 0. The van der Waals surface area contributed by atoms with Crippen LogP contribution < -0.4 is 5.32 Å². The van der Waals surface area contributed by atoms with Gasteiger partial charge in [0, 0.05) is 50.2 Å². The molecule has 0 saturated carbocycles. The van der Waals surface area contributed by atoms with Crippen LogP contribution in [0.4, 0.5) is 0 Å². The van der Waals surface area contributed by atoms with Gasteiger partial charge in [-0.2, -0.15) is 0 Å². The maximum absolute atomic E-state index is 13.1. The first-order valence-electron chi connectivity index (χ1n) is 11.7. The number of carbonyl (C=O) groups is 2. The second-order valence-corrected chi connectivity index (χ2v) is 8.46. The SMILES string of the molecule is CO/N=C(/C(=O)N1CCC(c2nc(C)ccc2C(=O)NCCCn2ccnc2)CC1)c1ccco1. The van der Waals surface area contributed by atoms with Gasteiger partial charge in [-0.3, -0.25) is 14.6 Å². The average molecular weight is 479 g/mol. The molecule has 1 fully saturated rings. The molecule has 4 rings (SSSR count). The third-order valence-electron chi connectivity index (χ3n) is 6.06. The summed E-state index contributed by atoms with van der Waals surface area (Å²) in [5.74, 6) is 0.0840. The van der Waals surface area contributed by atoms with Crippen LogP contribution in [0.15, 0.2) is 58.8 Å². The van der Waals surface area contributed by atoms with Crippen molar-refractivity contribution in [3.05, 3.63) is 72.0 Å². The summed E-state index contributed by atoms with van der Waals surface area (Å²) < 4.78 is 7.33. The Balaban J connectivity index is 1.38. The fraction of sp³-hybridized carbons (Fsp3) is 0.400. The molecule has 0 spiro atoms. The molecule has 3 aromatic heterocycles. The molecule has 1 saturated heterocycles. The van der Waals surface area contributed by atoms with Crippen molar-refractivity contribution < 1.29 is 18.8 Å². The quantitative estimate of drug-likeness (QED) is 0.287. The maximum Gasteiger partial charge on any atom is 0.279 e. The molecule has 0 radical (unpaired) electrons. The Hall–Kier alpha value is -3.95. The highest BCUT2D eigenvalue weighted by molar-refractivity contribution is 6.44. The topological polar surface area (TPSA) is 115 Å². The molecule has 1 aliphatic heterocycles. The van der Waals surface area contributed by atoms with Gasteiger partial charge in [-0.15, -0.1) is 0 Å². The van der Waals surface area contributed by atoms with Crippen LogP contribution in [-0.4, -0.2) is 63.7 Å². The Morgan fingerprint density at radius 1 is 1.26 bits per heavy atom. The first-order valence-corrected chi connectivity index (χ1v) is 11.7. The largest absolute Gasteiger partial charge is 0.462 e. The van der Waals surface area contributed by atoms with E-state index in [2.05, 4.69) is 15.5 Å². The van der Waals surface area contributed by atoms with E-state index >= 15 is 0 Å². The number of oxime groups is 1. The standard InChI is InChI=1S/C25H30N6O4/c1-18-6-7-20(24(32)27-10-4-12-30-15-11-26-17-30)22(28-18)19-8-13-31(14-9-19)25(33)23(29-34-2)21-5-3-16-35-21/h3,5-7,11,15-17,19H,4,8-10,12-14H2,1-2H3,(H,27,32)/b29-23+. The number of furan rings is 1. The lowest BCUT2D eigenvalue weighted by atomic mass is 9.89. The number of aryl methyl sites for hydroxylation is 2. The van der Waals surface area contributed by atoms with Crippen LogP contribution in [-0.2, 0) is 16.2 Å². The molecule has 35 heavy (non-hydrogen) atoms. The molecule has 1 N–H and O–H groups in total. The van der Waals surface area contributed by atoms with E-state index in [9.17, 15) is 9.59 Å². The Labute approximate surface area is 204 Å². The Kier molecular flexibility index (Phi) is 7.92. The summed E-state index contributed by atoms with van der Waals surface area (Å²) in [6.07, 6.45) is 9.10. The van der Waals surface area contributed by atoms with Crippen molar-refractivity contribution in [3.63, 3.8) is 0 Å². The maximum atomic E-state index is 13.1. The minimum Gasteiger partial charge on any atom is -0.462 e. The zero-order valence-electron chi connectivity index (χ0n) is 20.0. The van der Waals surface area contributed by atoms with E-state index in [0.717, 1.165) is 24.4 Å². The third-order valence-corrected chi connectivity index (χ3v) is 6.06. The predicted molar refractivity (Wildman–Crippen MR) is 129 cm³/mol. The Bertz CT molecular complexity index is 1150. The van der Waals surface area contributed by atoms with Crippen LogP contribution in [0.1, 0.15) is 52.7 Å². The molecule has 0 bridgehead atoms. The van der Waals surface area contributed by atoms with E-state index in [1.165, 1.54) is 13.4 Å². The lowest BCUT2D eigenvalue weighted by Gasteiger charge is -2.32. The van der Waals surface area contributed by atoms with Crippen LogP contribution in [0.5, 0.6) is 0 Å². The summed E-state index contributed by atoms with van der Waals surface area (Å²) in [5.41, 5.74) is 2.39. The molecule has 3 aromatic rings. The van der Waals surface area contributed by atoms with Crippen molar-refractivity contribution in [1.82, 2.24) is 24.8 Å². The number of rotatable bonds is 9. The van der Waals surface area contributed by atoms with Crippen molar-refractivity contribution in [3.8, 4) is 0 Å². The number of carbonyl (C=O) groups excluding carboxylic acids is 2. The molecular formula is C25H30N6O4. The number of imidazole rings is 1. The van der Waals surface area contributed by atoms with Crippen molar-refractivity contribution >= 4 is 17.5 Å². The fourth-order valence-electron chi connectivity index (χ4n) is 4.26. The van der Waals surface area contributed by atoms with Gasteiger partial charge >= 0.3 is 0 Å². The molecule has 184 valence electrons. The van der Waals surface area contributed by atoms with Gasteiger partial charge in [0.1, 0.15) is 7.11 Å². The van der Waals surface area contributed by atoms with Crippen molar-refractivity contribution in [2.75, 3.05) is 26.7 Å². The average Bonchev–Trinajstić information content (AvgIpc) is 3.59. The highest BCUT2D eigenvalue weighted by Gasteiger charge is 2.31. The smallest absolute Gasteiger partial charge is 0.279 e. The van der Waals surface area contributed by atoms with E-state index in [-0.39, 0.29) is 23.4 Å². The number of amides is 2. The molecule has 0 atom stereocenters. The van der Waals surface area contributed by atoms with E-state index in [0.29, 0.717) is 43.8 Å². The number of piperidine rings is 1. The number of nitrogens with zero attached hydrogens (tertiary/aromatic N) is 5. The number of aromatic nitrogens is 3. The zero-order chi connectivity index (χ0) is 24.6. The van der Waals surface area contributed by atoms with Crippen molar-refractivity contribution in [1.29, 1.82) is 0 Å². The van der Waals surface area contributed by atoms with Crippen LogP contribution >= 0.6 is 0 Å². The van der Waals surface area contributed by atoms with Crippen LogP contribution in [0.3, 0.4) is 0 Å². The normalized spacial score (nSPS) is 14.7. The number of nitrogens with one attached hydrogen (secondary N) is 1. The van der Waals surface area contributed by atoms with E-state index in [1.54, 1.807) is 29.6 Å². The Morgan fingerprint density at radius 2 is 2.09 bits per heavy atom. The minimum absolute atomic E-state index is 0.0806. The van der Waals surface area contributed by atoms with Crippen molar-refractivity contribution in [2.24, 2.45) is 5.16 Å². The van der Waals surface area contributed by atoms with E-state index in [4.69, 9.17) is 14.2 Å². The molecule has 0 aromatic carbocycles. The summed E-state index contributed by atoms with van der Waals surface area (Å²) in [5, 5.41) is 6.90. The first-order chi connectivity index (χ1) is 17.1. The lowest BCUT2D eigenvalue weighted by Crippen LogP contribution is -2.42. The number of hydrogen-bond donors (Lipinski definition) is 1. The molecule has 10 nitrogen and oxygen atoms in total. The Morgan fingerprint density at radius 3 is 2.77 bits per heavy atom. The van der Waals surface area contributed by atoms with Gasteiger partial charge in [0.2, 0.25) is 5.71 Å². The van der Waals surface area contributed by atoms with E-state index < -0.39 is 0 Å². The molecule has 1 aliphatic rings. The first kappa shape index (κ1) is 24.2. The van der Waals surface area contributed by atoms with Crippen LogP contribution in [0.25, 0.3) is 0 Å². The summed E-state index contributed by atoms with van der Waals surface area (Å²) in [6, 6.07) is 7.09. The third kappa shape index (κ3) is 5.95. The van der Waals surface area contributed by atoms with Gasteiger partial charge in [0.25, 0.3) is 11.8 Å². The lowest BCUT2D eigenvalue weighted by molar-refractivity contribution is -0.125. The summed E-state index contributed by atoms with van der Waals surface area (Å²) in [4.78, 5) is 41.4. The highest BCUT2D eigenvalue weighted by atomic mass is 16.6. The van der Waals surface area contributed by atoms with Gasteiger partial charge in [0.15, 0.2) is 5.76 Å². The van der Waals surface area contributed by atoms with Crippen molar-refractivity contribution in [2.45, 2.75) is 38.6 Å².